The normalized spacial score (nSPS) is 11.3. The van der Waals surface area contributed by atoms with E-state index in [1.165, 1.54) is 10.1 Å². The van der Waals surface area contributed by atoms with Crippen molar-refractivity contribution in [3.63, 3.8) is 0 Å². The molecule has 27 heavy (non-hydrogen) atoms. The van der Waals surface area contributed by atoms with Crippen molar-refractivity contribution >= 4 is 55.9 Å². The lowest BCUT2D eigenvalue weighted by atomic mass is 10.1. The number of nitrogens with one attached hydrogen (secondary N) is 2. The van der Waals surface area contributed by atoms with Crippen molar-refractivity contribution in [3.05, 3.63) is 48.7 Å². The zero-order valence-corrected chi connectivity index (χ0v) is 14.8. The molecule has 8 nitrogen and oxygen atoms in total. The minimum Gasteiger partial charge on any atom is -0.368 e. The highest BCUT2D eigenvalue weighted by Crippen LogP contribution is 2.38. The molecular weight excluding hydrogens is 360 g/mol. The molecule has 0 saturated carbocycles. The largest absolute Gasteiger partial charge is 0.368 e. The molecule has 0 aliphatic rings. The first-order valence-corrected chi connectivity index (χ1v) is 8.97. The molecule has 0 bridgehead atoms. The molecular formula is C18H14N8S. The molecule has 2 aromatic carbocycles. The van der Waals surface area contributed by atoms with Crippen LogP contribution in [0.15, 0.2) is 48.7 Å². The van der Waals surface area contributed by atoms with Gasteiger partial charge in [-0.1, -0.05) is 18.2 Å². The lowest BCUT2D eigenvalue weighted by molar-refractivity contribution is 1.08. The van der Waals surface area contributed by atoms with Gasteiger partial charge in [-0.05, 0) is 29.7 Å². The number of anilines is 4. The van der Waals surface area contributed by atoms with Crippen LogP contribution in [-0.2, 0) is 0 Å². The molecule has 5 aromatic rings. The number of fused-ring (bicyclic) bond motifs is 2. The Balaban J connectivity index is 1.64. The first-order valence-electron chi connectivity index (χ1n) is 8.16. The number of benzene rings is 2. The summed E-state index contributed by atoms with van der Waals surface area (Å²) in [6, 6.07) is 14.5. The first kappa shape index (κ1) is 15.5. The van der Waals surface area contributed by atoms with E-state index in [2.05, 4.69) is 48.7 Å². The van der Waals surface area contributed by atoms with Crippen molar-refractivity contribution in [3.8, 4) is 10.4 Å². The van der Waals surface area contributed by atoms with Crippen LogP contribution in [0.2, 0.25) is 0 Å². The van der Waals surface area contributed by atoms with Gasteiger partial charge in [0.1, 0.15) is 0 Å². The standard InChI is InChI=1S/C18H14N8S/c19-16-23-17(20)25-18(24-16)22-11-5-10-8-21-26-15(10)12(7-11)14-6-9-3-1-2-4-13(9)27-14/h1-8H,(H,21,26)(H5,19,20,22,23,24,25). The lowest BCUT2D eigenvalue weighted by Gasteiger charge is -2.08. The molecule has 0 spiro atoms. The summed E-state index contributed by atoms with van der Waals surface area (Å²) in [6.07, 6.45) is 1.79. The van der Waals surface area contributed by atoms with Crippen LogP contribution in [0, 0.1) is 0 Å². The first-order chi connectivity index (χ1) is 13.2. The summed E-state index contributed by atoms with van der Waals surface area (Å²) in [4.78, 5) is 13.1. The number of aromatic amines is 1. The Morgan fingerprint density at radius 2 is 1.74 bits per heavy atom. The van der Waals surface area contributed by atoms with Gasteiger partial charge in [0.2, 0.25) is 17.8 Å². The van der Waals surface area contributed by atoms with Crippen molar-refractivity contribution in [2.24, 2.45) is 0 Å². The van der Waals surface area contributed by atoms with E-state index >= 15 is 0 Å². The van der Waals surface area contributed by atoms with E-state index in [-0.39, 0.29) is 11.9 Å². The Bertz CT molecular complexity index is 1240. The lowest BCUT2D eigenvalue weighted by Crippen LogP contribution is -2.06. The highest BCUT2D eigenvalue weighted by atomic mass is 32.1. The van der Waals surface area contributed by atoms with Crippen LogP contribution in [0.25, 0.3) is 31.4 Å². The van der Waals surface area contributed by atoms with Gasteiger partial charge in [-0.15, -0.1) is 11.3 Å². The Labute approximate surface area is 157 Å². The molecule has 0 amide bonds. The zero-order chi connectivity index (χ0) is 18.4. The molecule has 6 N–H and O–H groups in total. The van der Waals surface area contributed by atoms with Crippen LogP contribution in [0.3, 0.4) is 0 Å². The zero-order valence-electron chi connectivity index (χ0n) is 14.0. The number of hydrogen-bond donors (Lipinski definition) is 4. The van der Waals surface area contributed by atoms with Gasteiger partial charge in [-0.3, -0.25) is 5.10 Å². The summed E-state index contributed by atoms with van der Waals surface area (Å²) >= 11 is 1.73. The third-order valence-corrected chi connectivity index (χ3v) is 5.32. The molecule has 0 aliphatic heterocycles. The molecule has 0 aliphatic carbocycles. The molecule has 5 rings (SSSR count). The highest BCUT2D eigenvalue weighted by molar-refractivity contribution is 7.22. The van der Waals surface area contributed by atoms with E-state index in [0.717, 1.165) is 27.0 Å². The van der Waals surface area contributed by atoms with Gasteiger partial charge in [-0.25, -0.2) is 0 Å². The summed E-state index contributed by atoms with van der Waals surface area (Å²) in [7, 11) is 0. The second kappa shape index (κ2) is 5.92. The average molecular weight is 374 g/mol. The molecule has 0 atom stereocenters. The van der Waals surface area contributed by atoms with E-state index in [1.807, 2.05) is 24.3 Å². The van der Waals surface area contributed by atoms with Crippen LogP contribution in [0.1, 0.15) is 0 Å². The van der Waals surface area contributed by atoms with Gasteiger partial charge in [0.05, 0.1) is 11.7 Å². The summed E-state index contributed by atoms with van der Waals surface area (Å²) in [5, 5.41) is 12.6. The average Bonchev–Trinajstić information content (AvgIpc) is 3.26. The number of thiophene rings is 1. The molecule has 0 fully saturated rings. The fourth-order valence-corrected chi connectivity index (χ4v) is 4.12. The quantitative estimate of drug-likeness (QED) is 0.380. The number of nitrogens with two attached hydrogens (primary N) is 2. The van der Waals surface area contributed by atoms with E-state index in [0.29, 0.717) is 5.95 Å². The Kier molecular flexibility index (Phi) is 3.41. The number of nitrogens with zero attached hydrogens (tertiary/aromatic N) is 4. The van der Waals surface area contributed by atoms with Gasteiger partial charge in [0.15, 0.2) is 0 Å². The molecule has 3 heterocycles. The molecule has 3 aromatic heterocycles. The Morgan fingerprint density at radius 1 is 0.926 bits per heavy atom. The second-order valence-electron chi connectivity index (χ2n) is 6.01. The van der Waals surface area contributed by atoms with Gasteiger partial charge >= 0.3 is 0 Å². The van der Waals surface area contributed by atoms with Crippen LogP contribution >= 0.6 is 11.3 Å². The van der Waals surface area contributed by atoms with Crippen molar-refractivity contribution < 1.29 is 0 Å². The number of nitrogen functional groups attached to an aromatic ring is 2. The summed E-state index contributed by atoms with van der Waals surface area (Å²) in [5.41, 5.74) is 14.1. The fourth-order valence-electron chi connectivity index (χ4n) is 3.03. The summed E-state index contributed by atoms with van der Waals surface area (Å²) < 4.78 is 1.23. The van der Waals surface area contributed by atoms with Gasteiger partial charge < -0.3 is 16.8 Å². The van der Waals surface area contributed by atoms with Gasteiger partial charge in [0.25, 0.3) is 0 Å². The molecule has 132 valence electrons. The van der Waals surface area contributed by atoms with E-state index in [9.17, 15) is 0 Å². The van der Waals surface area contributed by atoms with Crippen LogP contribution in [0.5, 0.6) is 0 Å². The maximum atomic E-state index is 5.66. The second-order valence-corrected chi connectivity index (χ2v) is 7.09. The van der Waals surface area contributed by atoms with Crippen LogP contribution < -0.4 is 16.8 Å². The molecule has 0 unspecified atom stereocenters. The maximum absolute atomic E-state index is 5.66. The number of H-pyrrole nitrogens is 1. The SMILES string of the molecule is Nc1nc(N)nc(Nc2cc(-c3cc4ccccc4s3)c3[nH]ncc3c2)n1. The molecule has 0 saturated heterocycles. The molecule has 9 heteroatoms. The number of aromatic nitrogens is 5. The molecule has 0 radical (unpaired) electrons. The highest BCUT2D eigenvalue weighted by Gasteiger charge is 2.12. The van der Waals surface area contributed by atoms with Gasteiger partial charge in [-0.2, -0.15) is 20.1 Å². The third kappa shape index (κ3) is 2.79. The number of rotatable bonds is 3. The maximum Gasteiger partial charge on any atom is 0.233 e. The van der Waals surface area contributed by atoms with E-state index in [1.54, 1.807) is 17.5 Å². The van der Waals surface area contributed by atoms with E-state index < -0.39 is 0 Å². The Morgan fingerprint density at radius 3 is 2.56 bits per heavy atom. The minimum absolute atomic E-state index is 0.0686. The Hall–Kier alpha value is -3.72. The topological polar surface area (TPSA) is 131 Å². The fraction of sp³-hybridized carbons (Fsp3) is 0. The summed E-state index contributed by atoms with van der Waals surface area (Å²) in [5.74, 6) is 0.434. The van der Waals surface area contributed by atoms with Crippen LogP contribution in [-0.4, -0.2) is 25.1 Å². The van der Waals surface area contributed by atoms with Crippen molar-refractivity contribution in [1.29, 1.82) is 0 Å². The minimum atomic E-state index is 0.0686. The van der Waals surface area contributed by atoms with Crippen molar-refractivity contribution in [2.45, 2.75) is 0 Å². The smallest absolute Gasteiger partial charge is 0.233 e. The van der Waals surface area contributed by atoms with E-state index in [4.69, 9.17) is 11.5 Å². The van der Waals surface area contributed by atoms with Crippen molar-refractivity contribution in [1.82, 2.24) is 25.1 Å². The predicted molar refractivity (Wildman–Crippen MR) is 109 cm³/mol. The predicted octanol–water partition coefficient (Wildman–Crippen LogP) is 3.54. The summed E-state index contributed by atoms with van der Waals surface area (Å²) in [6.45, 7) is 0. The van der Waals surface area contributed by atoms with Crippen molar-refractivity contribution in [2.75, 3.05) is 16.8 Å². The monoisotopic (exact) mass is 374 g/mol. The van der Waals surface area contributed by atoms with Crippen LogP contribution in [0.4, 0.5) is 23.5 Å². The van der Waals surface area contributed by atoms with Gasteiger partial charge in [0, 0.05) is 26.2 Å². The third-order valence-electron chi connectivity index (χ3n) is 4.17. The number of hydrogen-bond acceptors (Lipinski definition) is 8.